The molecular formula is C19H18N4O3S. The molecule has 1 amide bonds. The van der Waals surface area contributed by atoms with Gasteiger partial charge in [0, 0.05) is 24.7 Å². The molecule has 138 valence electrons. The fraction of sp³-hybridized carbons (Fsp3) is 0.211. The molecule has 0 aliphatic rings. The van der Waals surface area contributed by atoms with Crippen molar-refractivity contribution in [2.45, 2.75) is 13.1 Å². The van der Waals surface area contributed by atoms with Crippen molar-refractivity contribution in [1.29, 1.82) is 0 Å². The molecule has 4 aromatic rings. The molecule has 1 N–H and O–H groups in total. The molecule has 4 rings (SSSR count). The Bertz CT molecular complexity index is 1170. The van der Waals surface area contributed by atoms with Gasteiger partial charge in [0.05, 0.1) is 24.3 Å². The second-order valence-corrected chi connectivity index (χ2v) is 6.96. The number of aromatic nitrogens is 3. The van der Waals surface area contributed by atoms with Crippen LogP contribution in [0.4, 0.5) is 0 Å². The first-order chi connectivity index (χ1) is 13.2. The maximum absolute atomic E-state index is 12.3. The first-order valence-electron chi connectivity index (χ1n) is 8.48. The molecule has 27 heavy (non-hydrogen) atoms. The van der Waals surface area contributed by atoms with Crippen molar-refractivity contribution in [3.63, 3.8) is 0 Å². The van der Waals surface area contributed by atoms with E-state index in [4.69, 9.17) is 4.74 Å². The monoisotopic (exact) mass is 382 g/mol. The van der Waals surface area contributed by atoms with E-state index in [1.54, 1.807) is 13.2 Å². The van der Waals surface area contributed by atoms with E-state index in [9.17, 15) is 9.59 Å². The molecular weight excluding hydrogens is 364 g/mol. The van der Waals surface area contributed by atoms with Gasteiger partial charge in [0.25, 0.3) is 5.56 Å². The van der Waals surface area contributed by atoms with Gasteiger partial charge in [-0.1, -0.05) is 6.07 Å². The number of amides is 1. The maximum Gasteiger partial charge on any atom is 0.262 e. The predicted molar refractivity (Wildman–Crippen MR) is 105 cm³/mol. The second-order valence-electron chi connectivity index (χ2n) is 6.07. The van der Waals surface area contributed by atoms with Crippen LogP contribution in [0, 0.1) is 0 Å². The molecule has 0 aliphatic heterocycles. The molecule has 0 radical (unpaired) electrons. The molecule has 0 fully saturated rings. The molecule has 0 aliphatic carbocycles. The Balaban J connectivity index is 1.40. The van der Waals surface area contributed by atoms with Gasteiger partial charge in [0.1, 0.15) is 17.1 Å². The van der Waals surface area contributed by atoms with E-state index in [0.29, 0.717) is 23.3 Å². The van der Waals surface area contributed by atoms with Crippen LogP contribution in [0.2, 0.25) is 0 Å². The third-order valence-corrected chi connectivity index (χ3v) is 5.25. The Morgan fingerprint density at radius 3 is 2.96 bits per heavy atom. The predicted octanol–water partition coefficient (Wildman–Crippen LogP) is 2.24. The molecule has 0 unspecified atom stereocenters. The SMILES string of the molecule is COc1cccc2c1ccn2CCNC(=O)Cn1cnc2sccc2c1=O. The molecule has 0 saturated heterocycles. The normalized spacial score (nSPS) is 11.1. The van der Waals surface area contributed by atoms with E-state index in [2.05, 4.69) is 14.9 Å². The quantitative estimate of drug-likeness (QED) is 0.555. The number of thiophene rings is 1. The summed E-state index contributed by atoms with van der Waals surface area (Å²) in [6.07, 6.45) is 3.39. The third kappa shape index (κ3) is 3.31. The molecule has 7 nitrogen and oxygen atoms in total. The number of ether oxygens (including phenoxy) is 1. The summed E-state index contributed by atoms with van der Waals surface area (Å²) < 4.78 is 8.76. The average Bonchev–Trinajstić information content (AvgIpc) is 3.31. The number of hydrogen-bond acceptors (Lipinski definition) is 5. The van der Waals surface area contributed by atoms with Crippen molar-refractivity contribution in [1.82, 2.24) is 19.4 Å². The first kappa shape index (κ1) is 17.3. The number of carbonyl (C=O) groups is 1. The summed E-state index contributed by atoms with van der Waals surface area (Å²) >= 11 is 1.41. The summed E-state index contributed by atoms with van der Waals surface area (Å²) in [5, 5.41) is 6.25. The maximum atomic E-state index is 12.3. The average molecular weight is 382 g/mol. The van der Waals surface area contributed by atoms with Crippen LogP contribution in [0.15, 0.2) is 53.0 Å². The van der Waals surface area contributed by atoms with Crippen LogP contribution >= 0.6 is 11.3 Å². The lowest BCUT2D eigenvalue weighted by molar-refractivity contribution is -0.121. The Kier molecular flexibility index (Phi) is 4.64. The van der Waals surface area contributed by atoms with Gasteiger partial charge in [-0.3, -0.25) is 14.2 Å². The molecule has 8 heteroatoms. The smallest absolute Gasteiger partial charge is 0.262 e. The van der Waals surface area contributed by atoms with Gasteiger partial charge in [-0.2, -0.15) is 0 Å². The lowest BCUT2D eigenvalue weighted by Crippen LogP contribution is -2.34. The summed E-state index contributed by atoms with van der Waals surface area (Å²) in [5.74, 6) is 0.605. The topological polar surface area (TPSA) is 78.2 Å². The van der Waals surface area contributed by atoms with Gasteiger partial charge < -0.3 is 14.6 Å². The molecule has 0 saturated carbocycles. The molecule has 1 aromatic carbocycles. The number of nitrogens with one attached hydrogen (secondary N) is 1. The minimum Gasteiger partial charge on any atom is -0.496 e. The van der Waals surface area contributed by atoms with Crippen molar-refractivity contribution in [3.05, 3.63) is 58.6 Å². The standard InChI is InChI=1S/C19H18N4O3S/c1-26-16-4-2-3-15-13(16)5-8-22(15)9-7-20-17(24)11-23-12-21-18-14(19(23)25)6-10-27-18/h2-6,8,10,12H,7,9,11H2,1H3,(H,20,24). The molecule has 0 bridgehead atoms. The van der Waals surface area contributed by atoms with E-state index >= 15 is 0 Å². The second kappa shape index (κ2) is 7.24. The summed E-state index contributed by atoms with van der Waals surface area (Å²) in [4.78, 5) is 29.4. The van der Waals surface area contributed by atoms with Crippen LogP contribution in [0.5, 0.6) is 5.75 Å². The van der Waals surface area contributed by atoms with Crippen molar-refractivity contribution < 1.29 is 9.53 Å². The zero-order valence-corrected chi connectivity index (χ0v) is 15.5. The minimum absolute atomic E-state index is 0.0438. The van der Waals surface area contributed by atoms with Gasteiger partial charge in [-0.05, 0) is 29.6 Å². The summed E-state index contributed by atoms with van der Waals surface area (Å²) in [5.41, 5.74) is 0.854. The third-order valence-electron chi connectivity index (χ3n) is 4.43. The molecule has 3 heterocycles. The first-order valence-corrected chi connectivity index (χ1v) is 9.36. The van der Waals surface area contributed by atoms with E-state index in [1.165, 1.54) is 22.2 Å². The number of fused-ring (bicyclic) bond motifs is 2. The highest BCUT2D eigenvalue weighted by Crippen LogP contribution is 2.25. The fourth-order valence-electron chi connectivity index (χ4n) is 3.10. The Hall–Kier alpha value is -3.13. The number of benzene rings is 1. The summed E-state index contributed by atoms with van der Waals surface area (Å²) in [7, 11) is 1.65. The zero-order valence-electron chi connectivity index (χ0n) is 14.7. The molecule has 0 spiro atoms. The number of carbonyl (C=O) groups excluding carboxylic acids is 1. The van der Waals surface area contributed by atoms with Gasteiger partial charge in [-0.15, -0.1) is 11.3 Å². The van der Waals surface area contributed by atoms with Crippen molar-refractivity contribution in [3.8, 4) is 5.75 Å². The van der Waals surface area contributed by atoms with Crippen LogP contribution in [0.3, 0.4) is 0 Å². The number of hydrogen-bond donors (Lipinski definition) is 1. The highest BCUT2D eigenvalue weighted by atomic mass is 32.1. The highest BCUT2D eigenvalue weighted by molar-refractivity contribution is 7.16. The van der Waals surface area contributed by atoms with E-state index in [-0.39, 0.29) is 18.0 Å². The Labute approximate surface area is 158 Å². The van der Waals surface area contributed by atoms with Crippen LogP contribution in [0.25, 0.3) is 21.1 Å². The lowest BCUT2D eigenvalue weighted by Gasteiger charge is -2.09. The Morgan fingerprint density at radius 2 is 2.11 bits per heavy atom. The van der Waals surface area contributed by atoms with E-state index in [1.807, 2.05) is 35.8 Å². The largest absolute Gasteiger partial charge is 0.496 e. The highest BCUT2D eigenvalue weighted by Gasteiger charge is 2.09. The van der Waals surface area contributed by atoms with Crippen LogP contribution in [-0.2, 0) is 17.9 Å². The van der Waals surface area contributed by atoms with Gasteiger partial charge in [-0.25, -0.2) is 4.98 Å². The lowest BCUT2D eigenvalue weighted by atomic mass is 10.2. The minimum atomic E-state index is -0.220. The number of rotatable bonds is 6. The van der Waals surface area contributed by atoms with Crippen LogP contribution in [0.1, 0.15) is 0 Å². The van der Waals surface area contributed by atoms with Crippen molar-refractivity contribution in [2.24, 2.45) is 0 Å². The van der Waals surface area contributed by atoms with E-state index < -0.39 is 0 Å². The molecule has 3 aromatic heterocycles. The van der Waals surface area contributed by atoms with Crippen LogP contribution in [-0.4, -0.2) is 33.7 Å². The van der Waals surface area contributed by atoms with Gasteiger partial charge in [0.15, 0.2) is 0 Å². The number of nitrogens with zero attached hydrogens (tertiary/aromatic N) is 3. The zero-order chi connectivity index (χ0) is 18.8. The van der Waals surface area contributed by atoms with E-state index in [0.717, 1.165) is 16.7 Å². The van der Waals surface area contributed by atoms with Gasteiger partial charge in [0.2, 0.25) is 5.91 Å². The Morgan fingerprint density at radius 1 is 1.22 bits per heavy atom. The fourth-order valence-corrected chi connectivity index (χ4v) is 3.82. The summed E-state index contributed by atoms with van der Waals surface area (Å²) in [6.45, 7) is 1.04. The molecule has 0 atom stereocenters. The number of methoxy groups -OCH3 is 1. The van der Waals surface area contributed by atoms with Crippen LogP contribution < -0.4 is 15.6 Å². The summed E-state index contributed by atoms with van der Waals surface area (Å²) in [6, 6.07) is 9.61. The van der Waals surface area contributed by atoms with Crippen molar-refractivity contribution in [2.75, 3.05) is 13.7 Å². The van der Waals surface area contributed by atoms with Crippen molar-refractivity contribution >= 4 is 38.4 Å². The van der Waals surface area contributed by atoms with Gasteiger partial charge >= 0.3 is 0 Å².